The molecule has 0 saturated carbocycles. The predicted octanol–water partition coefficient (Wildman–Crippen LogP) is 8.17. The van der Waals surface area contributed by atoms with Gasteiger partial charge in [0.2, 0.25) is 5.91 Å². The smallest absolute Gasteiger partial charge is 0.220 e. The number of unbranched alkanes of at least 4 members (excludes halogenated alkanes) is 25. The highest BCUT2D eigenvalue weighted by Crippen LogP contribution is 2.22. The number of hydrogen-bond donors (Lipinski definition) is 6. The molecule has 51 heavy (non-hydrogen) atoms. The van der Waals surface area contributed by atoms with Crippen molar-refractivity contribution in [2.75, 3.05) is 13.2 Å². The molecular formula is C42H81NO8. The molecule has 1 heterocycles. The zero-order valence-corrected chi connectivity index (χ0v) is 32.9. The first-order valence-electron chi connectivity index (χ1n) is 21.4. The van der Waals surface area contributed by atoms with Gasteiger partial charge < -0.3 is 40.3 Å². The van der Waals surface area contributed by atoms with Crippen molar-refractivity contribution in [2.24, 2.45) is 0 Å². The van der Waals surface area contributed by atoms with Crippen molar-refractivity contribution in [2.45, 2.75) is 236 Å². The Labute approximate surface area is 312 Å². The predicted molar refractivity (Wildman–Crippen MR) is 207 cm³/mol. The van der Waals surface area contributed by atoms with Crippen LogP contribution in [0, 0.1) is 0 Å². The van der Waals surface area contributed by atoms with E-state index in [2.05, 4.69) is 19.2 Å². The number of aliphatic hydroxyl groups is 5. The maximum atomic E-state index is 12.8. The first-order valence-corrected chi connectivity index (χ1v) is 21.4. The van der Waals surface area contributed by atoms with Gasteiger partial charge in [0.05, 0.1) is 25.4 Å². The number of nitrogens with one attached hydrogen (secondary N) is 1. The summed E-state index contributed by atoms with van der Waals surface area (Å²) in [4.78, 5) is 12.8. The van der Waals surface area contributed by atoms with Gasteiger partial charge in [-0.2, -0.15) is 0 Å². The normalized spacial score (nSPS) is 22.1. The van der Waals surface area contributed by atoms with Crippen molar-refractivity contribution in [1.82, 2.24) is 5.32 Å². The SMILES string of the molecule is CCCC/C=C/C(O)C(COC1OC(CO)C(O)C(O)C1O)NC(=O)CCCCCCCCCCCCCCCCCCCCCCCCCC. The van der Waals surface area contributed by atoms with E-state index in [9.17, 15) is 30.3 Å². The molecule has 0 radical (unpaired) electrons. The van der Waals surface area contributed by atoms with Gasteiger partial charge in [-0.15, -0.1) is 0 Å². The first kappa shape index (κ1) is 48.0. The number of aliphatic hydroxyl groups excluding tert-OH is 5. The molecule has 0 aromatic heterocycles. The zero-order chi connectivity index (χ0) is 37.4. The lowest BCUT2D eigenvalue weighted by molar-refractivity contribution is -0.302. The molecule has 1 aliphatic heterocycles. The quantitative estimate of drug-likeness (QED) is 0.0283. The third kappa shape index (κ3) is 24.8. The lowest BCUT2D eigenvalue weighted by Gasteiger charge is -2.40. The van der Waals surface area contributed by atoms with Crippen LogP contribution in [-0.2, 0) is 14.3 Å². The maximum absolute atomic E-state index is 12.8. The minimum Gasteiger partial charge on any atom is -0.394 e. The van der Waals surface area contributed by atoms with Crippen LogP contribution < -0.4 is 5.32 Å². The van der Waals surface area contributed by atoms with E-state index in [1.807, 2.05) is 6.08 Å². The Morgan fingerprint density at radius 2 is 1.08 bits per heavy atom. The minimum absolute atomic E-state index is 0.183. The maximum Gasteiger partial charge on any atom is 0.220 e. The summed E-state index contributed by atoms with van der Waals surface area (Å²) >= 11 is 0. The van der Waals surface area contributed by atoms with E-state index in [1.165, 1.54) is 135 Å². The van der Waals surface area contributed by atoms with Crippen LogP contribution in [0.4, 0.5) is 0 Å². The lowest BCUT2D eigenvalue weighted by atomic mass is 9.99. The van der Waals surface area contributed by atoms with Gasteiger partial charge >= 0.3 is 0 Å². The van der Waals surface area contributed by atoms with E-state index >= 15 is 0 Å². The number of amides is 1. The van der Waals surface area contributed by atoms with Crippen LogP contribution in [-0.4, -0.2) is 87.5 Å². The number of carbonyl (C=O) groups excluding carboxylic acids is 1. The second-order valence-corrected chi connectivity index (χ2v) is 15.1. The summed E-state index contributed by atoms with van der Waals surface area (Å²) in [7, 11) is 0. The number of rotatable bonds is 35. The van der Waals surface area contributed by atoms with Crippen LogP contribution in [0.15, 0.2) is 12.2 Å². The molecular weight excluding hydrogens is 646 g/mol. The second-order valence-electron chi connectivity index (χ2n) is 15.1. The van der Waals surface area contributed by atoms with E-state index in [0.29, 0.717) is 6.42 Å². The van der Waals surface area contributed by atoms with Crippen LogP contribution >= 0.6 is 0 Å². The molecule has 1 aliphatic rings. The molecule has 302 valence electrons. The van der Waals surface area contributed by atoms with E-state index in [-0.39, 0.29) is 12.5 Å². The Morgan fingerprint density at radius 1 is 0.647 bits per heavy atom. The Morgan fingerprint density at radius 3 is 1.51 bits per heavy atom. The van der Waals surface area contributed by atoms with Crippen molar-refractivity contribution in [3.63, 3.8) is 0 Å². The average Bonchev–Trinajstić information content (AvgIpc) is 3.13. The monoisotopic (exact) mass is 728 g/mol. The third-order valence-corrected chi connectivity index (χ3v) is 10.4. The third-order valence-electron chi connectivity index (χ3n) is 10.4. The molecule has 0 aromatic carbocycles. The lowest BCUT2D eigenvalue weighted by Crippen LogP contribution is -2.60. The van der Waals surface area contributed by atoms with Crippen molar-refractivity contribution in [1.29, 1.82) is 0 Å². The number of hydrogen-bond acceptors (Lipinski definition) is 8. The highest BCUT2D eigenvalue weighted by molar-refractivity contribution is 5.76. The van der Waals surface area contributed by atoms with E-state index in [0.717, 1.165) is 38.5 Å². The molecule has 1 fully saturated rings. The fourth-order valence-corrected chi connectivity index (χ4v) is 6.85. The summed E-state index contributed by atoms with van der Waals surface area (Å²) in [6.45, 7) is 3.62. The van der Waals surface area contributed by atoms with Crippen molar-refractivity contribution in [3.05, 3.63) is 12.2 Å². The second kappa shape index (κ2) is 33.5. The molecule has 6 N–H and O–H groups in total. The van der Waals surface area contributed by atoms with Gasteiger partial charge in [-0.25, -0.2) is 0 Å². The summed E-state index contributed by atoms with van der Waals surface area (Å²) in [5.41, 5.74) is 0. The summed E-state index contributed by atoms with van der Waals surface area (Å²) in [5.74, 6) is -0.183. The van der Waals surface area contributed by atoms with Crippen LogP contribution in [0.1, 0.15) is 194 Å². The molecule has 0 bridgehead atoms. The van der Waals surface area contributed by atoms with Crippen LogP contribution in [0.3, 0.4) is 0 Å². The van der Waals surface area contributed by atoms with Crippen LogP contribution in [0.2, 0.25) is 0 Å². The molecule has 7 atom stereocenters. The first-order chi connectivity index (χ1) is 24.8. The van der Waals surface area contributed by atoms with Crippen molar-refractivity contribution in [3.8, 4) is 0 Å². The van der Waals surface area contributed by atoms with Crippen molar-refractivity contribution >= 4 is 5.91 Å². The Hall–Kier alpha value is -1.07. The highest BCUT2D eigenvalue weighted by atomic mass is 16.7. The number of carbonyl (C=O) groups is 1. The topological polar surface area (TPSA) is 149 Å². The van der Waals surface area contributed by atoms with Gasteiger partial charge in [-0.3, -0.25) is 4.79 Å². The Bertz CT molecular complexity index is 812. The molecule has 7 unspecified atom stereocenters. The number of allylic oxidation sites excluding steroid dienone is 1. The summed E-state index contributed by atoms with van der Waals surface area (Å²) in [5, 5.41) is 53.5. The van der Waals surface area contributed by atoms with Gasteiger partial charge in [-0.1, -0.05) is 187 Å². The summed E-state index contributed by atoms with van der Waals surface area (Å²) in [6.07, 6.45) is 30.5. The summed E-state index contributed by atoms with van der Waals surface area (Å²) in [6, 6.07) is -0.794. The van der Waals surface area contributed by atoms with Gasteiger partial charge in [0.1, 0.15) is 24.4 Å². The highest BCUT2D eigenvalue weighted by Gasteiger charge is 2.44. The molecule has 9 nitrogen and oxygen atoms in total. The molecule has 1 amide bonds. The van der Waals surface area contributed by atoms with Gasteiger partial charge in [0.25, 0.3) is 0 Å². The molecule has 9 heteroatoms. The number of ether oxygens (including phenoxy) is 2. The Kier molecular flexibility index (Phi) is 31.5. The fraction of sp³-hybridized carbons (Fsp3) is 0.929. The van der Waals surface area contributed by atoms with E-state index in [1.54, 1.807) is 6.08 Å². The van der Waals surface area contributed by atoms with E-state index < -0.39 is 49.5 Å². The van der Waals surface area contributed by atoms with Gasteiger partial charge in [0.15, 0.2) is 6.29 Å². The molecule has 0 spiro atoms. The molecule has 1 saturated heterocycles. The molecule has 0 aromatic rings. The van der Waals surface area contributed by atoms with Gasteiger partial charge in [0, 0.05) is 6.42 Å². The molecule has 0 aliphatic carbocycles. The van der Waals surface area contributed by atoms with Gasteiger partial charge in [-0.05, 0) is 12.8 Å². The van der Waals surface area contributed by atoms with Crippen molar-refractivity contribution < 1.29 is 39.8 Å². The standard InChI is InChI=1S/C42H81NO8/c1-3-5-7-9-10-11-12-13-14-15-16-17-18-19-20-21-22-23-24-25-26-27-28-30-32-38(46)43-35(36(45)31-29-8-6-4-2)34-50-42-41(49)40(48)39(47)37(33-44)51-42/h29,31,35-37,39-42,44-45,47-49H,3-28,30,32-34H2,1-2H3,(H,43,46)/b31-29+. The minimum atomic E-state index is -1.56. The van der Waals surface area contributed by atoms with E-state index in [4.69, 9.17) is 9.47 Å². The van der Waals surface area contributed by atoms with Crippen LogP contribution in [0.25, 0.3) is 0 Å². The van der Waals surface area contributed by atoms with Crippen LogP contribution in [0.5, 0.6) is 0 Å². The summed E-state index contributed by atoms with van der Waals surface area (Å²) < 4.78 is 11.1. The average molecular weight is 728 g/mol. The largest absolute Gasteiger partial charge is 0.394 e. The fourth-order valence-electron chi connectivity index (χ4n) is 6.85. The zero-order valence-electron chi connectivity index (χ0n) is 32.9. The Balaban J connectivity index is 2.10. The molecule has 1 rings (SSSR count).